The van der Waals surface area contributed by atoms with E-state index in [-0.39, 0.29) is 12.4 Å². The molecule has 31 heavy (non-hydrogen) atoms. The summed E-state index contributed by atoms with van der Waals surface area (Å²) < 4.78 is 1.81. The standard InChI is InChI=1S/C23H27ClN6.ClH/c1-17-15-18(2)27-23(26-17)30-19(3)20(16-25-30)7-6-10-28-11-13-29(14-12-28)22-9-5-4-8-21(22)24;/h4-9,15-16H,10-14H2,1-3H3;1H. The number of benzene rings is 1. The summed E-state index contributed by atoms with van der Waals surface area (Å²) >= 11 is 6.34. The van der Waals surface area contributed by atoms with E-state index in [1.807, 2.05) is 49.0 Å². The molecule has 1 aliphatic rings. The summed E-state index contributed by atoms with van der Waals surface area (Å²) in [5.74, 6) is 0.625. The molecule has 0 amide bonds. The number of anilines is 1. The van der Waals surface area contributed by atoms with Gasteiger partial charge < -0.3 is 4.90 Å². The Morgan fingerprint density at radius 2 is 1.68 bits per heavy atom. The van der Waals surface area contributed by atoms with Gasteiger partial charge in [-0.05, 0) is 39.0 Å². The van der Waals surface area contributed by atoms with Crippen LogP contribution in [0.1, 0.15) is 22.6 Å². The van der Waals surface area contributed by atoms with Crippen LogP contribution in [-0.4, -0.2) is 57.4 Å². The van der Waals surface area contributed by atoms with E-state index < -0.39 is 0 Å². The van der Waals surface area contributed by atoms with E-state index >= 15 is 0 Å². The number of piperazine rings is 1. The topological polar surface area (TPSA) is 50.1 Å². The van der Waals surface area contributed by atoms with Crippen LogP contribution in [-0.2, 0) is 0 Å². The molecule has 0 saturated carbocycles. The molecule has 1 aliphatic heterocycles. The van der Waals surface area contributed by atoms with E-state index in [1.165, 1.54) is 0 Å². The summed E-state index contributed by atoms with van der Waals surface area (Å²) in [6.07, 6.45) is 6.23. The van der Waals surface area contributed by atoms with Gasteiger partial charge >= 0.3 is 0 Å². The van der Waals surface area contributed by atoms with Crippen molar-refractivity contribution in [1.29, 1.82) is 0 Å². The number of halogens is 2. The Kier molecular flexibility index (Phi) is 7.70. The lowest BCUT2D eigenvalue weighted by Gasteiger charge is -2.36. The fraction of sp³-hybridized carbons (Fsp3) is 0.348. The fourth-order valence-electron chi connectivity index (χ4n) is 3.80. The smallest absolute Gasteiger partial charge is 0.251 e. The maximum absolute atomic E-state index is 6.34. The number of hydrogen-bond donors (Lipinski definition) is 0. The first-order chi connectivity index (χ1) is 14.5. The first-order valence-corrected chi connectivity index (χ1v) is 10.6. The average Bonchev–Trinajstić information content (AvgIpc) is 3.09. The fourth-order valence-corrected chi connectivity index (χ4v) is 4.05. The van der Waals surface area contributed by atoms with E-state index in [9.17, 15) is 0 Å². The van der Waals surface area contributed by atoms with Crippen LogP contribution >= 0.6 is 24.0 Å². The molecule has 0 unspecified atom stereocenters. The van der Waals surface area contributed by atoms with Gasteiger partial charge in [-0.3, -0.25) is 4.90 Å². The zero-order chi connectivity index (χ0) is 21.1. The van der Waals surface area contributed by atoms with Crippen LogP contribution in [0, 0.1) is 20.8 Å². The second kappa shape index (κ2) is 10.3. The van der Waals surface area contributed by atoms with E-state index in [1.54, 1.807) is 0 Å². The number of aryl methyl sites for hydroxylation is 2. The molecule has 3 aromatic rings. The lowest BCUT2D eigenvalue weighted by atomic mass is 10.2. The first kappa shape index (κ1) is 23.3. The van der Waals surface area contributed by atoms with Gasteiger partial charge in [-0.2, -0.15) is 5.10 Å². The molecule has 3 heterocycles. The third-order valence-corrected chi connectivity index (χ3v) is 5.75. The molecule has 1 fully saturated rings. The van der Waals surface area contributed by atoms with Gasteiger partial charge in [-0.15, -0.1) is 12.4 Å². The van der Waals surface area contributed by atoms with Crippen molar-refractivity contribution >= 4 is 35.8 Å². The Morgan fingerprint density at radius 1 is 1.00 bits per heavy atom. The molecule has 0 bridgehead atoms. The second-order valence-electron chi connectivity index (χ2n) is 7.69. The molecule has 0 radical (unpaired) electrons. The normalized spacial score (nSPS) is 14.8. The van der Waals surface area contributed by atoms with Crippen LogP contribution in [0.2, 0.25) is 5.02 Å². The van der Waals surface area contributed by atoms with Gasteiger partial charge in [-0.1, -0.05) is 35.9 Å². The van der Waals surface area contributed by atoms with Gasteiger partial charge in [0, 0.05) is 49.7 Å². The third-order valence-electron chi connectivity index (χ3n) is 5.43. The SMILES string of the molecule is Cc1cc(C)nc(-n2ncc(C=CCN3CCN(c4ccccc4Cl)CC3)c2C)n1.Cl. The summed E-state index contributed by atoms with van der Waals surface area (Å²) in [4.78, 5) is 13.8. The third kappa shape index (κ3) is 5.45. The quantitative estimate of drug-likeness (QED) is 0.563. The van der Waals surface area contributed by atoms with Crippen molar-refractivity contribution in [3.05, 3.63) is 70.3 Å². The summed E-state index contributed by atoms with van der Waals surface area (Å²) in [5.41, 5.74) is 5.15. The van der Waals surface area contributed by atoms with Gasteiger partial charge in [0.2, 0.25) is 0 Å². The van der Waals surface area contributed by atoms with Gasteiger partial charge in [-0.25, -0.2) is 14.6 Å². The predicted molar refractivity (Wildman–Crippen MR) is 130 cm³/mol. The van der Waals surface area contributed by atoms with Crippen molar-refractivity contribution in [2.75, 3.05) is 37.6 Å². The number of aromatic nitrogens is 4. The van der Waals surface area contributed by atoms with Gasteiger partial charge in [0.25, 0.3) is 5.95 Å². The second-order valence-corrected chi connectivity index (χ2v) is 8.10. The highest BCUT2D eigenvalue weighted by molar-refractivity contribution is 6.33. The van der Waals surface area contributed by atoms with Crippen molar-refractivity contribution in [2.24, 2.45) is 0 Å². The van der Waals surface area contributed by atoms with Crippen molar-refractivity contribution in [3.63, 3.8) is 0 Å². The van der Waals surface area contributed by atoms with Crippen LogP contribution in [0.3, 0.4) is 0 Å². The van der Waals surface area contributed by atoms with Crippen molar-refractivity contribution in [1.82, 2.24) is 24.6 Å². The van der Waals surface area contributed by atoms with Crippen LogP contribution in [0.4, 0.5) is 5.69 Å². The molecule has 0 spiro atoms. The monoisotopic (exact) mass is 458 g/mol. The molecule has 6 nitrogen and oxygen atoms in total. The van der Waals surface area contributed by atoms with Gasteiger partial charge in [0.15, 0.2) is 0 Å². The Hall–Kier alpha value is -2.41. The molecular formula is C23H28Cl2N6. The predicted octanol–water partition coefficient (Wildman–Crippen LogP) is 4.50. The molecule has 1 saturated heterocycles. The van der Waals surface area contributed by atoms with Gasteiger partial charge in [0.1, 0.15) is 0 Å². The molecule has 0 N–H and O–H groups in total. The number of para-hydroxylation sites is 1. The largest absolute Gasteiger partial charge is 0.368 e. The van der Waals surface area contributed by atoms with Crippen LogP contribution in [0.15, 0.2) is 42.6 Å². The minimum Gasteiger partial charge on any atom is -0.368 e. The van der Waals surface area contributed by atoms with Crippen LogP contribution in [0.5, 0.6) is 0 Å². The van der Waals surface area contributed by atoms with E-state index in [0.29, 0.717) is 5.95 Å². The number of nitrogens with zero attached hydrogens (tertiary/aromatic N) is 6. The zero-order valence-electron chi connectivity index (χ0n) is 18.1. The van der Waals surface area contributed by atoms with E-state index in [4.69, 9.17) is 11.6 Å². The van der Waals surface area contributed by atoms with Crippen LogP contribution in [0.25, 0.3) is 12.0 Å². The maximum Gasteiger partial charge on any atom is 0.251 e. The Balaban J connectivity index is 0.00000272. The summed E-state index contributed by atoms with van der Waals surface area (Å²) in [6.45, 7) is 10.9. The Morgan fingerprint density at radius 3 is 2.35 bits per heavy atom. The van der Waals surface area contributed by atoms with E-state index in [2.05, 4.69) is 50.0 Å². The van der Waals surface area contributed by atoms with Crippen molar-refractivity contribution in [3.8, 4) is 5.95 Å². The molecular weight excluding hydrogens is 431 g/mol. The van der Waals surface area contributed by atoms with E-state index in [0.717, 1.165) is 66.1 Å². The van der Waals surface area contributed by atoms with Gasteiger partial charge in [0.05, 0.1) is 22.6 Å². The maximum atomic E-state index is 6.34. The summed E-state index contributed by atoms with van der Waals surface area (Å²) in [5, 5.41) is 5.32. The highest BCUT2D eigenvalue weighted by Gasteiger charge is 2.18. The molecule has 4 rings (SSSR count). The molecule has 2 aromatic heterocycles. The minimum atomic E-state index is 0. The molecule has 0 aliphatic carbocycles. The highest BCUT2D eigenvalue weighted by atomic mass is 35.5. The summed E-state index contributed by atoms with van der Waals surface area (Å²) in [7, 11) is 0. The Labute approximate surface area is 195 Å². The first-order valence-electron chi connectivity index (χ1n) is 10.3. The molecule has 164 valence electrons. The number of hydrogen-bond acceptors (Lipinski definition) is 5. The summed E-state index contributed by atoms with van der Waals surface area (Å²) in [6, 6.07) is 10.0. The van der Waals surface area contributed by atoms with Crippen molar-refractivity contribution in [2.45, 2.75) is 20.8 Å². The molecule has 1 aromatic carbocycles. The lowest BCUT2D eigenvalue weighted by Crippen LogP contribution is -2.46. The number of rotatable bonds is 5. The highest BCUT2D eigenvalue weighted by Crippen LogP contribution is 2.26. The lowest BCUT2D eigenvalue weighted by molar-refractivity contribution is 0.284. The molecule has 8 heteroatoms. The molecule has 0 atom stereocenters. The van der Waals surface area contributed by atoms with Crippen LogP contribution < -0.4 is 4.90 Å². The minimum absolute atomic E-state index is 0. The zero-order valence-corrected chi connectivity index (χ0v) is 19.7. The Bertz CT molecular complexity index is 1030. The van der Waals surface area contributed by atoms with Crippen molar-refractivity contribution < 1.29 is 0 Å². The average molecular weight is 459 g/mol.